The summed E-state index contributed by atoms with van der Waals surface area (Å²) in [6, 6.07) is 11.4. The first-order valence-corrected chi connectivity index (χ1v) is 10.5. The van der Waals surface area contributed by atoms with Crippen molar-refractivity contribution >= 4 is 45.9 Å². The number of carbonyl (C=O) groups excluding carboxylic acids is 1. The second-order valence-electron chi connectivity index (χ2n) is 6.45. The summed E-state index contributed by atoms with van der Waals surface area (Å²) in [4.78, 5) is 16.3. The molecule has 0 aliphatic carbocycles. The molecule has 1 aromatic heterocycles. The number of hydrazone groups is 1. The predicted molar refractivity (Wildman–Crippen MR) is 119 cm³/mol. The SMILES string of the molecule is N#CCOc1ccc(/C=N\NC(=O)Cc2csc(Nc3cccc(C(F)(F)F)c3)n2)cc1Cl. The molecular formula is C21H15ClF3N5O2S. The second-order valence-corrected chi connectivity index (χ2v) is 7.72. The number of halogens is 4. The molecule has 0 atom stereocenters. The number of thiazole rings is 1. The maximum atomic E-state index is 12.8. The Morgan fingerprint density at radius 1 is 1.30 bits per heavy atom. The normalized spacial score (nSPS) is 11.2. The van der Waals surface area contributed by atoms with Gasteiger partial charge >= 0.3 is 6.18 Å². The van der Waals surface area contributed by atoms with Crippen LogP contribution < -0.4 is 15.5 Å². The standard InChI is InChI=1S/C21H15ClF3N5O2S/c22-17-8-13(4-5-18(17)32-7-6-26)11-27-30-19(31)10-16-12-33-20(29-16)28-15-3-1-2-14(9-15)21(23,24)25/h1-5,8-9,11-12H,7,10H2,(H,28,29)(H,30,31)/b27-11-. The van der Waals surface area contributed by atoms with Gasteiger partial charge in [-0.2, -0.15) is 23.5 Å². The number of alkyl halides is 3. The minimum absolute atomic E-state index is 0.0696. The molecule has 0 fully saturated rings. The van der Waals surface area contributed by atoms with E-state index in [4.69, 9.17) is 21.6 Å². The van der Waals surface area contributed by atoms with Gasteiger partial charge in [-0.15, -0.1) is 11.3 Å². The molecule has 170 valence electrons. The van der Waals surface area contributed by atoms with Gasteiger partial charge in [0.1, 0.15) is 11.8 Å². The van der Waals surface area contributed by atoms with E-state index >= 15 is 0 Å². The average molecular weight is 494 g/mol. The number of rotatable bonds is 8. The minimum Gasteiger partial charge on any atom is -0.477 e. The molecule has 3 rings (SSSR count). The maximum absolute atomic E-state index is 12.8. The summed E-state index contributed by atoms with van der Waals surface area (Å²) in [5, 5.41) is 17.5. The van der Waals surface area contributed by atoms with Crippen LogP contribution in [0.3, 0.4) is 0 Å². The third-order valence-corrected chi connectivity index (χ3v) is 5.09. The van der Waals surface area contributed by atoms with Crippen LogP contribution in [0.2, 0.25) is 5.02 Å². The number of nitrogens with zero attached hydrogens (tertiary/aromatic N) is 3. The number of ether oxygens (including phenoxy) is 1. The summed E-state index contributed by atoms with van der Waals surface area (Å²) in [7, 11) is 0. The predicted octanol–water partition coefficient (Wildman–Crippen LogP) is 5.15. The number of aromatic nitrogens is 1. The molecule has 1 amide bonds. The lowest BCUT2D eigenvalue weighted by Gasteiger charge is -2.08. The highest BCUT2D eigenvalue weighted by atomic mass is 35.5. The lowest BCUT2D eigenvalue weighted by atomic mass is 10.2. The Kier molecular flexibility index (Phi) is 7.87. The molecule has 7 nitrogen and oxygen atoms in total. The van der Waals surface area contributed by atoms with Crippen LogP contribution in [-0.2, 0) is 17.4 Å². The summed E-state index contributed by atoms with van der Waals surface area (Å²) in [6.07, 6.45) is -3.12. The van der Waals surface area contributed by atoms with Gasteiger partial charge in [-0.3, -0.25) is 4.79 Å². The first-order valence-electron chi connectivity index (χ1n) is 9.24. The van der Waals surface area contributed by atoms with Gasteiger partial charge in [-0.05, 0) is 42.0 Å². The van der Waals surface area contributed by atoms with Gasteiger partial charge in [-0.1, -0.05) is 17.7 Å². The first kappa shape index (κ1) is 24.0. The number of hydrogen-bond acceptors (Lipinski definition) is 7. The molecule has 0 unspecified atom stereocenters. The van der Waals surface area contributed by atoms with E-state index < -0.39 is 17.6 Å². The highest BCUT2D eigenvalue weighted by molar-refractivity contribution is 7.13. The summed E-state index contributed by atoms with van der Waals surface area (Å²) in [5.41, 5.74) is 2.87. The van der Waals surface area contributed by atoms with Gasteiger partial charge in [0.25, 0.3) is 0 Å². The molecule has 0 spiro atoms. The molecule has 0 aliphatic heterocycles. The monoisotopic (exact) mass is 493 g/mol. The summed E-state index contributed by atoms with van der Waals surface area (Å²) in [5.74, 6) is -0.0697. The van der Waals surface area contributed by atoms with Crippen LogP contribution in [0.15, 0.2) is 52.9 Å². The summed E-state index contributed by atoms with van der Waals surface area (Å²) in [6.45, 7) is -0.128. The van der Waals surface area contributed by atoms with Crippen molar-refractivity contribution in [2.75, 3.05) is 11.9 Å². The lowest BCUT2D eigenvalue weighted by Crippen LogP contribution is -2.19. The molecule has 2 aromatic carbocycles. The van der Waals surface area contributed by atoms with E-state index in [1.807, 2.05) is 6.07 Å². The number of anilines is 2. The number of nitriles is 1. The molecule has 0 saturated heterocycles. The van der Waals surface area contributed by atoms with Crippen LogP contribution >= 0.6 is 22.9 Å². The Labute approximate surface area is 195 Å². The van der Waals surface area contributed by atoms with Crippen LogP contribution in [0, 0.1) is 11.3 Å². The zero-order valence-electron chi connectivity index (χ0n) is 16.7. The third-order valence-electron chi connectivity index (χ3n) is 3.99. The highest BCUT2D eigenvalue weighted by Crippen LogP contribution is 2.32. The van der Waals surface area contributed by atoms with Crippen molar-refractivity contribution in [1.29, 1.82) is 5.26 Å². The molecule has 2 N–H and O–H groups in total. The first-order chi connectivity index (χ1) is 15.7. The van der Waals surface area contributed by atoms with Crippen LogP contribution in [0.4, 0.5) is 24.0 Å². The van der Waals surface area contributed by atoms with Gasteiger partial charge < -0.3 is 10.1 Å². The smallest absolute Gasteiger partial charge is 0.416 e. The molecule has 0 bridgehead atoms. The van der Waals surface area contributed by atoms with Crippen molar-refractivity contribution in [3.8, 4) is 11.8 Å². The summed E-state index contributed by atoms with van der Waals surface area (Å²) >= 11 is 7.21. The Balaban J connectivity index is 1.53. The Morgan fingerprint density at radius 2 is 2.12 bits per heavy atom. The fourth-order valence-corrected chi connectivity index (χ4v) is 3.52. The molecule has 0 saturated carbocycles. The van der Waals surface area contributed by atoms with Crippen LogP contribution in [0.25, 0.3) is 0 Å². The van der Waals surface area contributed by atoms with Crippen molar-refractivity contribution in [3.05, 3.63) is 69.7 Å². The van der Waals surface area contributed by atoms with Crippen molar-refractivity contribution in [3.63, 3.8) is 0 Å². The number of hydrogen-bond donors (Lipinski definition) is 2. The third kappa shape index (κ3) is 7.20. The van der Waals surface area contributed by atoms with E-state index in [9.17, 15) is 18.0 Å². The van der Waals surface area contributed by atoms with Crippen LogP contribution in [0.1, 0.15) is 16.8 Å². The van der Waals surface area contributed by atoms with E-state index in [1.165, 1.54) is 18.3 Å². The van der Waals surface area contributed by atoms with E-state index in [-0.39, 0.29) is 18.7 Å². The Morgan fingerprint density at radius 3 is 2.85 bits per heavy atom. The van der Waals surface area contributed by atoms with Gasteiger partial charge in [0.15, 0.2) is 11.7 Å². The maximum Gasteiger partial charge on any atom is 0.416 e. The van der Waals surface area contributed by atoms with Crippen molar-refractivity contribution in [1.82, 2.24) is 10.4 Å². The quantitative estimate of drug-likeness (QED) is 0.334. The zero-order chi connectivity index (χ0) is 23.8. The molecular weight excluding hydrogens is 479 g/mol. The molecule has 3 aromatic rings. The van der Waals surface area contributed by atoms with E-state index in [2.05, 4.69) is 20.8 Å². The van der Waals surface area contributed by atoms with Crippen molar-refractivity contribution in [2.45, 2.75) is 12.6 Å². The molecule has 0 aliphatic rings. The lowest BCUT2D eigenvalue weighted by molar-refractivity contribution is -0.137. The molecule has 0 radical (unpaired) electrons. The fraction of sp³-hybridized carbons (Fsp3) is 0.143. The number of amides is 1. The molecule has 12 heteroatoms. The number of nitrogens with one attached hydrogen (secondary N) is 2. The topological polar surface area (TPSA) is 99.4 Å². The number of carbonyl (C=O) groups is 1. The van der Waals surface area contributed by atoms with Crippen LogP contribution in [0.5, 0.6) is 5.75 Å². The Bertz CT molecular complexity index is 1210. The van der Waals surface area contributed by atoms with E-state index in [0.29, 0.717) is 27.2 Å². The highest BCUT2D eigenvalue weighted by Gasteiger charge is 2.30. The Hall–Kier alpha value is -3.62. The van der Waals surface area contributed by atoms with E-state index in [0.717, 1.165) is 23.5 Å². The molecule has 1 heterocycles. The second kappa shape index (κ2) is 10.8. The van der Waals surface area contributed by atoms with Gasteiger partial charge in [0.05, 0.1) is 28.9 Å². The summed E-state index contributed by atoms with van der Waals surface area (Å²) < 4.78 is 43.6. The largest absolute Gasteiger partial charge is 0.477 e. The molecule has 33 heavy (non-hydrogen) atoms. The average Bonchev–Trinajstić information content (AvgIpc) is 3.19. The number of benzene rings is 2. The van der Waals surface area contributed by atoms with Crippen molar-refractivity contribution < 1.29 is 22.7 Å². The van der Waals surface area contributed by atoms with E-state index in [1.54, 1.807) is 23.6 Å². The van der Waals surface area contributed by atoms with Gasteiger partial charge in [0, 0.05) is 11.1 Å². The van der Waals surface area contributed by atoms with Gasteiger partial charge in [-0.25, -0.2) is 10.4 Å². The van der Waals surface area contributed by atoms with Crippen molar-refractivity contribution in [2.24, 2.45) is 5.10 Å². The van der Waals surface area contributed by atoms with Crippen LogP contribution in [-0.4, -0.2) is 23.7 Å². The van der Waals surface area contributed by atoms with Gasteiger partial charge in [0.2, 0.25) is 5.91 Å². The minimum atomic E-state index is -4.44. The zero-order valence-corrected chi connectivity index (χ0v) is 18.3. The fourth-order valence-electron chi connectivity index (χ4n) is 2.55.